The van der Waals surface area contributed by atoms with E-state index in [1.807, 2.05) is 38.1 Å². The highest BCUT2D eigenvalue weighted by atomic mass is 35.5. The van der Waals surface area contributed by atoms with Gasteiger partial charge in [0.15, 0.2) is 11.5 Å². The summed E-state index contributed by atoms with van der Waals surface area (Å²) in [7, 11) is 1.52. The van der Waals surface area contributed by atoms with Crippen LogP contribution in [0.1, 0.15) is 22.3 Å². The second-order valence-electron chi connectivity index (χ2n) is 8.39. The second kappa shape index (κ2) is 11.5. The zero-order chi connectivity index (χ0) is 26.5. The number of carbonyl (C=O) groups is 3. The summed E-state index contributed by atoms with van der Waals surface area (Å²) in [6.45, 7) is 3.81. The Morgan fingerprint density at radius 2 is 1.81 bits per heavy atom. The van der Waals surface area contributed by atoms with Crippen LogP contribution >= 0.6 is 23.4 Å². The van der Waals surface area contributed by atoms with E-state index in [1.54, 1.807) is 42.5 Å². The number of halogens is 1. The Balaban J connectivity index is 1.43. The molecule has 1 fully saturated rings. The van der Waals surface area contributed by atoms with Crippen LogP contribution in [-0.2, 0) is 16.2 Å². The van der Waals surface area contributed by atoms with E-state index in [0.29, 0.717) is 34.4 Å². The molecule has 0 spiro atoms. The topological polar surface area (TPSA) is 84.9 Å². The van der Waals surface area contributed by atoms with Crippen molar-refractivity contribution in [2.45, 2.75) is 20.5 Å². The van der Waals surface area contributed by atoms with E-state index in [1.165, 1.54) is 7.11 Å². The molecule has 3 amide bonds. The Bertz CT molecular complexity index is 1390. The van der Waals surface area contributed by atoms with Crippen LogP contribution in [0.25, 0.3) is 6.08 Å². The van der Waals surface area contributed by atoms with Gasteiger partial charge in [-0.2, -0.15) is 0 Å². The molecule has 37 heavy (non-hydrogen) atoms. The van der Waals surface area contributed by atoms with Gasteiger partial charge in [-0.1, -0.05) is 41.9 Å². The summed E-state index contributed by atoms with van der Waals surface area (Å²) in [4.78, 5) is 39.1. The first-order valence-electron chi connectivity index (χ1n) is 11.4. The minimum atomic E-state index is -0.520. The molecule has 3 aromatic carbocycles. The second-order valence-corrected chi connectivity index (χ2v) is 9.82. The molecule has 9 heteroatoms. The molecule has 1 N–H and O–H groups in total. The number of nitrogens with one attached hydrogen (secondary N) is 1. The Morgan fingerprint density at radius 3 is 2.54 bits per heavy atom. The number of hydrogen-bond donors (Lipinski definition) is 1. The van der Waals surface area contributed by atoms with E-state index in [9.17, 15) is 14.4 Å². The van der Waals surface area contributed by atoms with E-state index < -0.39 is 17.1 Å². The average molecular weight is 537 g/mol. The molecule has 0 atom stereocenters. The van der Waals surface area contributed by atoms with Crippen LogP contribution < -0.4 is 14.8 Å². The highest BCUT2D eigenvalue weighted by Gasteiger charge is 2.36. The number of anilines is 1. The number of methoxy groups -OCH3 is 1. The molecular formula is C28H25ClN2O5S. The summed E-state index contributed by atoms with van der Waals surface area (Å²) in [6, 6.07) is 18.1. The SMILES string of the molecule is COc1cc(/C=C2/SC(=O)N(CC(=O)Nc3cccc(C)c3C)C2=O)ccc1OCc1ccc(Cl)cc1. The molecule has 0 saturated carbocycles. The number of amides is 3. The van der Waals surface area contributed by atoms with Gasteiger partial charge in [0.1, 0.15) is 13.2 Å². The summed E-state index contributed by atoms with van der Waals surface area (Å²) in [6.07, 6.45) is 1.60. The fraction of sp³-hybridized carbons (Fsp3) is 0.179. The molecule has 7 nitrogen and oxygen atoms in total. The van der Waals surface area contributed by atoms with Gasteiger partial charge in [-0.3, -0.25) is 19.3 Å². The van der Waals surface area contributed by atoms with Crippen molar-refractivity contribution in [2.24, 2.45) is 0 Å². The Hall–Kier alpha value is -3.75. The molecule has 0 bridgehead atoms. The normalized spacial score (nSPS) is 14.3. The number of ether oxygens (including phenoxy) is 2. The Morgan fingerprint density at radius 1 is 1.05 bits per heavy atom. The quantitative estimate of drug-likeness (QED) is 0.344. The van der Waals surface area contributed by atoms with Gasteiger partial charge >= 0.3 is 0 Å². The van der Waals surface area contributed by atoms with Gasteiger partial charge in [-0.25, -0.2) is 0 Å². The van der Waals surface area contributed by atoms with Crippen molar-refractivity contribution >= 4 is 52.2 Å². The van der Waals surface area contributed by atoms with E-state index in [4.69, 9.17) is 21.1 Å². The van der Waals surface area contributed by atoms with Crippen molar-refractivity contribution in [3.63, 3.8) is 0 Å². The molecule has 0 aliphatic carbocycles. The zero-order valence-electron chi connectivity index (χ0n) is 20.5. The molecule has 0 aromatic heterocycles. The first-order valence-corrected chi connectivity index (χ1v) is 12.6. The molecule has 3 aromatic rings. The van der Waals surface area contributed by atoms with Crippen molar-refractivity contribution in [3.8, 4) is 11.5 Å². The third kappa shape index (κ3) is 6.34. The summed E-state index contributed by atoms with van der Waals surface area (Å²) in [5.74, 6) is 0.0508. The van der Waals surface area contributed by atoms with Crippen molar-refractivity contribution in [2.75, 3.05) is 19.0 Å². The van der Waals surface area contributed by atoms with Crippen LogP contribution in [0.15, 0.2) is 65.6 Å². The van der Waals surface area contributed by atoms with Gasteiger partial charge in [0.2, 0.25) is 5.91 Å². The number of rotatable bonds is 8. The third-order valence-corrected chi connectivity index (χ3v) is 7.01. The van der Waals surface area contributed by atoms with Crippen LogP contribution in [0.5, 0.6) is 11.5 Å². The predicted octanol–water partition coefficient (Wildman–Crippen LogP) is 6.22. The van der Waals surface area contributed by atoms with Gasteiger partial charge in [0.05, 0.1) is 12.0 Å². The largest absolute Gasteiger partial charge is 0.493 e. The Kier molecular flexibility index (Phi) is 8.21. The smallest absolute Gasteiger partial charge is 0.294 e. The minimum absolute atomic E-state index is 0.224. The van der Waals surface area contributed by atoms with Gasteiger partial charge < -0.3 is 14.8 Å². The number of aryl methyl sites for hydroxylation is 1. The maximum Gasteiger partial charge on any atom is 0.294 e. The third-order valence-electron chi connectivity index (χ3n) is 5.85. The maximum absolute atomic E-state index is 12.9. The highest BCUT2D eigenvalue weighted by Crippen LogP contribution is 2.35. The molecule has 4 rings (SSSR count). The molecule has 0 radical (unpaired) electrons. The van der Waals surface area contributed by atoms with Gasteiger partial charge in [-0.15, -0.1) is 0 Å². The van der Waals surface area contributed by atoms with E-state index in [0.717, 1.165) is 33.4 Å². The fourth-order valence-electron chi connectivity index (χ4n) is 3.64. The van der Waals surface area contributed by atoms with E-state index in [2.05, 4.69) is 5.32 Å². The highest BCUT2D eigenvalue weighted by molar-refractivity contribution is 8.18. The van der Waals surface area contributed by atoms with E-state index >= 15 is 0 Å². The standard InChI is InChI=1S/C28H25ClN2O5S/c1-17-5-4-6-22(18(17)2)30-26(32)15-31-27(33)25(37-28(31)34)14-20-9-12-23(24(13-20)35-3)36-16-19-7-10-21(29)11-8-19/h4-14H,15-16H2,1-3H3,(H,30,32)/b25-14+. The lowest BCUT2D eigenvalue weighted by atomic mass is 10.1. The number of imide groups is 1. The minimum Gasteiger partial charge on any atom is -0.493 e. The molecule has 1 saturated heterocycles. The zero-order valence-corrected chi connectivity index (χ0v) is 22.1. The molecular weight excluding hydrogens is 512 g/mol. The molecule has 1 aliphatic heterocycles. The van der Waals surface area contributed by atoms with Gasteiger partial charge in [0, 0.05) is 10.7 Å². The number of thioether (sulfide) groups is 1. The van der Waals surface area contributed by atoms with Crippen LogP contribution in [0.3, 0.4) is 0 Å². The van der Waals surface area contributed by atoms with Crippen LogP contribution in [-0.4, -0.2) is 35.6 Å². The summed E-state index contributed by atoms with van der Waals surface area (Å²) < 4.78 is 11.3. The average Bonchev–Trinajstić information content (AvgIpc) is 3.14. The number of benzene rings is 3. The lowest BCUT2D eigenvalue weighted by molar-refractivity contribution is -0.127. The van der Waals surface area contributed by atoms with Crippen molar-refractivity contribution in [1.29, 1.82) is 0 Å². The van der Waals surface area contributed by atoms with Crippen molar-refractivity contribution in [1.82, 2.24) is 4.90 Å². The monoisotopic (exact) mass is 536 g/mol. The van der Waals surface area contributed by atoms with Crippen LogP contribution in [0.2, 0.25) is 5.02 Å². The number of carbonyl (C=O) groups excluding carboxylic acids is 3. The summed E-state index contributed by atoms with van der Waals surface area (Å²) >= 11 is 6.72. The molecule has 1 heterocycles. The maximum atomic E-state index is 12.9. The van der Waals surface area contributed by atoms with Crippen LogP contribution in [0, 0.1) is 13.8 Å². The molecule has 190 valence electrons. The lowest BCUT2D eigenvalue weighted by Crippen LogP contribution is -2.36. The Labute approximate surface area is 224 Å². The van der Waals surface area contributed by atoms with Crippen molar-refractivity contribution < 1.29 is 23.9 Å². The van der Waals surface area contributed by atoms with Crippen molar-refractivity contribution in [3.05, 3.63) is 92.8 Å². The molecule has 0 unspecified atom stereocenters. The fourth-order valence-corrected chi connectivity index (χ4v) is 4.61. The van der Waals surface area contributed by atoms with E-state index in [-0.39, 0.29) is 11.4 Å². The van der Waals surface area contributed by atoms with Gasteiger partial charge in [0.25, 0.3) is 11.1 Å². The predicted molar refractivity (Wildman–Crippen MR) is 146 cm³/mol. The number of nitrogens with zero attached hydrogens (tertiary/aromatic N) is 1. The summed E-state index contributed by atoms with van der Waals surface area (Å²) in [5.41, 5.74) is 4.22. The van der Waals surface area contributed by atoms with Crippen LogP contribution in [0.4, 0.5) is 10.5 Å². The first-order chi connectivity index (χ1) is 17.7. The first kappa shape index (κ1) is 26.3. The van der Waals surface area contributed by atoms with Gasteiger partial charge in [-0.05, 0) is 84.3 Å². The molecule has 1 aliphatic rings. The summed E-state index contributed by atoms with van der Waals surface area (Å²) in [5, 5.41) is 2.93. The number of hydrogen-bond acceptors (Lipinski definition) is 6. The lowest BCUT2D eigenvalue weighted by Gasteiger charge is -2.14.